The lowest BCUT2D eigenvalue weighted by atomic mass is 10.0. The Morgan fingerprint density at radius 2 is 1.71 bits per heavy atom. The molecule has 5 rings (SSSR count). The molecule has 1 aromatic carbocycles. The van der Waals surface area contributed by atoms with Crippen molar-refractivity contribution in [1.29, 1.82) is 0 Å². The van der Waals surface area contributed by atoms with E-state index < -0.39 is 5.79 Å². The number of nitrogens with one attached hydrogen (secondary N) is 1. The molecular formula is C24H31N5O5S. The Bertz CT molecular complexity index is 1020. The number of anilines is 2. The van der Waals surface area contributed by atoms with Crippen molar-refractivity contribution >= 4 is 34.0 Å². The molecule has 0 bridgehead atoms. The van der Waals surface area contributed by atoms with Crippen LogP contribution in [0.5, 0.6) is 5.75 Å². The number of amides is 2. The van der Waals surface area contributed by atoms with Crippen LogP contribution in [-0.2, 0) is 14.3 Å². The minimum Gasteiger partial charge on any atom is -0.497 e. The fourth-order valence-electron chi connectivity index (χ4n) is 4.67. The van der Waals surface area contributed by atoms with Crippen molar-refractivity contribution in [3.05, 3.63) is 35.3 Å². The van der Waals surface area contributed by atoms with Crippen LogP contribution in [0.15, 0.2) is 29.6 Å². The van der Waals surface area contributed by atoms with Gasteiger partial charge in [-0.05, 0) is 24.3 Å². The normalized spacial score (nSPS) is 20.3. The summed E-state index contributed by atoms with van der Waals surface area (Å²) in [4.78, 5) is 36.1. The van der Waals surface area contributed by atoms with Gasteiger partial charge in [-0.3, -0.25) is 14.5 Å². The summed E-state index contributed by atoms with van der Waals surface area (Å²) in [6.45, 7) is 5.47. The quantitative estimate of drug-likeness (QED) is 0.642. The monoisotopic (exact) mass is 501 g/mol. The number of hydrogen-bond donors (Lipinski definition) is 1. The number of nitrogens with zero attached hydrogens (tertiary/aromatic N) is 4. The second kappa shape index (κ2) is 10.5. The Balaban J connectivity index is 1.07. The van der Waals surface area contributed by atoms with Crippen LogP contribution in [0, 0.1) is 0 Å². The van der Waals surface area contributed by atoms with Crippen molar-refractivity contribution in [2.24, 2.45) is 0 Å². The lowest BCUT2D eigenvalue weighted by Crippen LogP contribution is -2.53. The van der Waals surface area contributed by atoms with Gasteiger partial charge in [0.05, 0.1) is 26.9 Å². The molecule has 0 saturated carbocycles. The Labute approximate surface area is 208 Å². The van der Waals surface area contributed by atoms with E-state index in [9.17, 15) is 9.59 Å². The first-order chi connectivity index (χ1) is 17.0. The number of carbonyl (C=O) groups excluding carboxylic acids is 2. The topological polar surface area (TPSA) is 96.5 Å². The summed E-state index contributed by atoms with van der Waals surface area (Å²) in [5, 5.41) is 5.67. The van der Waals surface area contributed by atoms with Crippen molar-refractivity contribution in [2.75, 3.05) is 71.5 Å². The number of carbonyl (C=O) groups is 2. The molecule has 4 heterocycles. The van der Waals surface area contributed by atoms with Crippen LogP contribution in [0.4, 0.5) is 10.8 Å². The zero-order valence-electron chi connectivity index (χ0n) is 19.9. The van der Waals surface area contributed by atoms with Gasteiger partial charge in [0.1, 0.15) is 11.4 Å². The predicted octanol–water partition coefficient (Wildman–Crippen LogP) is 2.02. The van der Waals surface area contributed by atoms with Gasteiger partial charge in [0, 0.05) is 63.2 Å². The van der Waals surface area contributed by atoms with E-state index in [1.807, 2.05) is 34.1 Å². The first-order valence-corrected chi connectivity index (χ1v) is 12.9. The number of benzene rings is 1. The average molecular weight is 502 g/mol. The van der Waals surface area contributed by atoms with Crippen molar-refractivity contribution in [3.63, 3.8) is 0 Å². The van der Waals surface area contributed by atoms with Gasteiger partial charge >= 0.3 is 0 Å². The standard InChI is InChI=1S/C24H31N5O5S/c1-32-19-4-2-18(3-5-19)25-23-26-20(17-35-23)22(31)29-12-10-27(11-13-29)16-21(30)28-8-6-24(7-9-28)33-14-15-34-24/h2-5,17H,6-16H2,1H3,(H,25,26). The highest BCUT2D eigenvalue weighted by molar-refractivity contribution is 7.14. The first kappa shape index (κ1) is 24.0. The molecule has 1 spiro atoms. The summed E-state index contributed by atoms with van der Waals surface area (Å²) in [5.41, 5.74) is 1.32. The number of methoxy groups -OCH3 is 1. The van der Waals surface area contributed by atoms with Crippen molar-refractivity contribution in [3.8, 4) is 5.75 Å². The summed E-state index contributed by atoms with van der Waals surface area (Å²) < 4.78 is 16.7. The van der Waals surface area contributed by atoms with E-state index in [1.54, 1.807) is 12.5 Å². The highest BCUT2D eigenvalue weighted by Gasteiger charge is 2.41. The van der Waals surface area contributed by atoms with Crippen LogP contribution in [0.2, 0.25) is 0 Å². The summed E-state index contributed by atoms with van der Waals surface area (Å²) in [5.74, 6) is 0.367. The van der Waals surface area contributed by atoms with E-state index in [1.165, 1.54) is 11.3 Å². The Hall–Kier alpha value is -2.73. The minimum atomic E-state index is -0.470. The van der Waals surface area contributed by atoms with Gasteiger partial charge in [0.25, 0.3) is 5.91 Å². The maximum atomic E-state index is 13.0. The molecule has 0 radical (unpaired) electrons. The molecule has 1 N–H and O–H groups in total. The zero-order valence-corrected chi connectivity index (χ0v) is 20.7. The SMILES string of the molecule is COc1ccc(Nc2nc(C(=O)N3CCN(CC(=O)N4CCC5(CC4)OCCO5)CC3)cs2)cc1. The minimum absolute atomic E-state index is 0.0760. The molecule has 11 heteroatoms. The van der Waals surface area contributed by atoms with E-state index in [0.717, 1.165) is 24.3 Å². The number of piperidine rings is 1. The van der Waals surface area contributed by atoms with E-state index in [0.29, 0.717) is 69.9 Å². The molecule has 3 aliphatic heterocycles. The van der Waals surface area contributed by atoms with E-state index in [4.69, 9.17) is 14.2 Å². The summed E-state index contributed by atoms with van der Waals surface area (Å²) >= 11 is 1.40. The lowest BCUT2D eigenvalue weighted by Gasteiger charge is -2.39. The molecule has 10 nitrogen and oxygen atoms in total. The molecular weight excluding hydrogens is 470 g/mol. The van der Waals surface area contributed by atoms with E-state index in [2.05, 4.69) is 15.2 Å². The number of rotatable bonds is 6. The average Bonchev–Trinajstić information content (AvgIpc) is 3.55. The number of hydrogen-bond acceptors (Lipinski definition) is 9. The fraction of sp³-hybridized carbons (Fsp3) is 0.542. The highest BCUT2D eigenvalue weighted by Crippen LogP contribution is 2.31. The van der Waals surface area contributed by atoms with Gasteiger partial charge in [-0.15, -0.1) is 11.3 Å². The van der Waals surface area contributed by atoms with Crippen LogP contribution < -0.4 is 10.1 Å². The first-order valence-electron chi connectivity index (χ1n) is 12.0. The van der Waals surface area contributed by atoms with Gasteiger partial charge in [-0.25, -0.2) is 4.98 Å². The molecule has 3 aliphatic rings. The van der Waals surface area contributed by atoms with Crippen LogP contribution in [0.1, 0.15) is 23.3 Å². The molecule has 188 valence electrons. The van der Waals surface area contributed by atoms with Crippen LogP contribution in [-0.4, -0.2) is 103 Å². The van der Waals surface area contributed by atoms with Gasteiger partial charge < -0.3 is 29.3 Å². The maximum Gasteiger partial charge on any atom is 0.273 e. The van der Waals surface area contributed by atoms with Crippen LogP contribution in [0.3, 0.4) is 0 Å². The van der Waals surface area contributed by atoms with Crippen molar-refractivity contribution in [1.82, 2.24) is 19.7 Å². The molecule has 1 aromatic heterocycles. The predicted molar refractivity (Wildman–Crippen MR) is 131 cm³/mol. The molecule has 0 unspecified atom stereocenters. The number of ether oxygens (including phenoxy) is 3. The van der Waals surface area contributed by atoms with Crippen LogP contribution in [0.25, 0.3) is 0 Å². The van der Waals surface area contributed by atoms with E-state index in [-0.39, 0.29) is 11.8 Å². The fourth-order valence-corrected chi connectivity index (χ4v) is 5.38. The number of piperazine rings is 1. The van der Waals surface area contributed by atoms with E-state index >= 15 is 0 Å². The zero-order chi connectivity index (χ0) is 24.3. The number of aromatic nitrogens is 1. The molecule has 2 aromatic rings. The Morgan fingerprint density at radius 1 is 1.03 bits per heavy atom. The largest absolute Gasteiger partial charge is 0.497 e. The Kier molecular flexibility index (Phi) is 7.19. The second-order valence-corrected chi connectivity index (χ2v) is 9.81. The van der Waals surface area contributed by atoms with Crippen molar-refractivity contribution < 1.29 is 23.8 Å². The third-order valence-corrected chi connectivity index (χ3v) is 7.53. The summed E-state index contributed by atoms with van der Waals surface area (Å²) in [7, 11) is 1.63. The third kappa shape index (κ3) is 5.58. The Morgan fingerprint density at radius 3 is 2.37 bits per heavy atom. The maximum absolute atomic E-state index is 13.0. The number of likely N-dealkylation sites (tertiary alicyclic amines) is 1. The van der Waals surface area contributed by atoms with Gasteiger partial charge in [0.2, 0.25) is 5.91 Å². The van der Waals surface area contributed by atoms with Crippen molar-refractivity contribution in [2.45, 2.75) is 18.6 Å². The van der Waals surface area contributed by atoms with Crippen LogP contribution >= 0.6 is 11.3 Å². The smallest absolute Gasteiger partial charge is 0.273 e. The summed E-state index contributed by atoms with van der Waals surface area (Å²) in [6, 6.07) is 7.54. The molecule has 35 heavy (non-hydrogen) atoms. The second-order valence-electron chi connectivity index (χ2n) is 8.95. The molecule has 3 saturated heterocycles. The molecule has 3 fully saturated rings. The van der Waals surface area contributed by atoms with Gasteiger partial charge in [-0.1, -0.05) is 0 Å². The summed E-state index contributed by atoms with van der Waals surface area (Å²) in [6.07, 6.45) is 1.45. The third-order valence-electron chi connectivity index (χ3n) is 6.77. The number of thiazole rings is 1. The molecule has 2 amide bonds. The van der Waals surface area contributed by atoms with Gasteiger partial charge in [-0.2, -0.15) is 0 Å². The highest BCUT2D eigenvalue weighted by atomic mass is 32.1. The van der Waals surface area contributed by atoms with Gasteiger partial charge in [0.15, 0.2) is 10.9 Å². The molecule has 0 aliphatic carbocycles. The lowest BCUT2D eigenvalue weighted by molar-refractivity contribution is -0.187. The molecule has 0 atom stereocenters.